The highest BCUT2D eigenvalue weighted by molar-refractivity contribution is 6.30. The van der Waals surface area contributed by atoms with Crippen LogP contribution in [0.2, 0.25) is 5.02 Å². The number of likely N-dealkylation sites (tertiary alicyclic amines) is 1. The predicted octanol–water partition coefficient (Wildman–Crippen LogP) is 4.02. The molecule has 1 atom stereocenters. The van der Waals surface area contributed by atoms with Gasteiger partial charge in [0.1, 0.15) is 0 Å². The summed E-state index contributed by atoms with van der Waals surface area (Å²) in [5.74, 6) is 0.262. The summed E-state index contributed by atoms with van der Waals surface area (Å²) in [7, 11) is 0. The molecule has 2 fully saturated rings. The molecule has 2 saturated heterocycles. The molecule has 0 aliphatic carbocycles. The Labute approximate surface area is 199 Å². The van der Waals surface area contributed by atoms with Crippen LogP contribution in [0, 0.1) is 0 Å². The van der Waals surface area contributed by atoms with Crippen LogP contribution in [0.5, 0.6) is 0 Å². The summed E-state index contributed by atoms with van der Waals surface area (Å²) in [4.78, 5) is 44.2. The highest BCUT2D eigenvalue weighted by Crippen LogP contribution is 2.50. The van der Waals surface area contributed by atoms with Crippen LogP contribution in [0.25, 0.3) is 0 Å². The molecular weight excluding hydrogens is 438 g/mol. The summed E-state index contributed by atoms with van der Waals surface area (Å²) in [6, 6.07) is 15.1. The molecule has 7 heteroatoms. The molecule has 6 nitrogen and oxygen atoms in total. The van der Waals surface area contributed by atoms with E-state index in [-0.39, 0.29) is 17.7 Å². The van der Waals surface area contributed by atoms with Crippen molar-refractivity contribution in [3.8, 4) is 0 Å². The van der Waals surface area contributed by atoms with E-state index < -0.39 is 5.66 Å². The molecule has 2 aromatic rings. The van der Waals surface area contributed by atoms with Gasteiger partial charge in [0.25, 0.3) is 5.91 Å². The zero-order chi connectivity index (χ0) is 23.0. The van der Waals surface area contributed by atoms with Crippen LogP contribution in [-0.2, 0) is 15.3 Å². The van der Waals surface area contributed by atoms with E-state index in [9.17, 15) is 14.4 Å². The number of fused-ring (bicyclic) bond motifs is 3. The van der Waals surface area contributed by atoms with Crippen LogP contribution in [0.1, 0.15) is 60.0 Å². The van der Waals surface area contributed by atoms with Crippen LogP contribution in [0.4, 0.5) is 0 Å². The van der Waals surface area contributed by atoms with Crippen molar-refractivity contribution in [2.45, 2.75) is 44.2 Å². The molecule has 3 aliphatic rings. The lowest BCUT2D eigenvalue weighted by Gasteiger charge is -2.40. The molecule has 0 radical (unpaired) electrons. The molecular formula is C26H28ClN3O3. The lowest BCUT2D eigenvalue weighted by Crippen LogP contribution is -2.51. The summed E-state index contributed by atoms with van der Waals surface area (Å²) >= 11 is 6.16. The van der Waals surface area contributed by atoms with E-state index in [1.165, 1.54) is 0 Å². The van der Waals surface area contributed by atoms with Gasteiger partial charge >= 0.3 is 0 Å². The van der Waals surface area contributed by atoms with E-state index in [0.29, 0.717) is 36.5 Å². The van der Waals surface area contributed by atoms with Gasteiger partial charge < -0.3 is 14.7 Å². The normalized spacial score (nSPS) is 21.7. The Kier molecular flexibility index (Phi) is 5.87. The monoisotopic (exact) mass is 465 g/mol. The van der Waals surface area contributed by atoms with Gasteiger partial charge in [0.05, 0.1) is 0 Å². The largest absolute Gasteiger partial charge is 0.343 e. The van der Waals surface area contributed by atoms with Crippen molar-refractivity contribution in [2.75, 3.05) is 26.2 Å². The second-order valence-electron chi connectivity index (χ2n) is 9.02. The lowest BCUT2D eigenvalue weighted by atomic mass is 9.89. The van der Waals surface area contributed by atoms with Crippen LogP contribution in [0.3, 0.4) is 0 Å². The van der Waals surface area contributed by atoms with Crippen LogP contribution in [-0.4, -0.2) is 58.6 Å². The maximum absolute atomic E-state index is 13.5. The van der Waals surface area contributed by atoms with Gasteiger partial charge in [0.2, 0.25) is 11.8 Å². The van der Waals surface area contributed by atoms with Gasteiger partial charge in [0, 0.05) is 60.7 Å². The van der Waals surface area contributed by atoms with Gasteiger partial charge in [-0.05, 0) is 37.5 Å². The molecule has 0 aromatic heterocycles. The zero-order valence-corrected chi connectivity index (χ0v) is 19.4. The number of halogens is 1. The number of amides is 3. The molecule has 0 saturated carbocycles. The Balaban J connectivity index is 1.35. The van der Waals surface area contributed by atoms with E-state index >= 15 is 0 Å². The van der Waals surface area contributed by atoms with Crippen molar-refractivity contribution in [1.82, 2.24) is 14.7 Å². The molecule has 1 unspecified atom stereocenters. The molecule has 0 bridgehead atoms. The Morgan fingerprint density at radius 3 is 2.48 bits per heavy atom. The summed E-state index contributed by atoms with van der Waals surface area (Å²) in [6.07, 6.45) is 4.62. The van der Waals surface area contributed by atoms with Gasteiger partial charge in [-0.25, -0.2) is 0 Å². The Morgan fingerprint density at radius 1 is 0.939 bits per heavy atom. The fraction of sp³-hybridized carbons (Fsp3) is 0.423. The number of rotatable bonds is 7. The van der Waals surface area contributed by atoms with Crippen LogP contribution >= 0.6 is 11.6 Å². The minimum Gasteiger partial charge on any atom is -0.343 e. The van der Waals surface area contributed by atoms with E-state index in [0.717, 1.165) is 49.9 Å². The topological polar surface area (TPSA) is 60.9 Å². The molecule has 0 N–H and O–H groups in total. The van der Waals surface area contributed by atoms with Gasteiger partial charge in [-0.3, -0.25) is 14.4 Å². The third-order valence-electron chi connectivity index (χ3n) is 7.14. The highest BCUT2D eigenvalue weighted by atomic mass is 35.5. The number of hydrogen-bond donors (Lipinski definition) is 0. The minimum atomic E-state index is -0.919. The highest BCUT2D eigenvalue weighted by Gasteiger charge is 2.59. The summed E-state index contributed by atoms with van der Waals surface area (Å²) in [6.45, 7) is 2.64. The molecule has 0 spiro atoms. The minimum absolute atomic E-state index is 0.0360. The Hall–Kier alpha value is -2.86. The van der Waals surface area contributed by atoms with Gasteiger partial charge in [0.15, 0.2) is 5.66 Å². The Morgan fingerprint density at radius 2 is 1.73 bits per heavy atom. The third-order valence-corrected chi connectivity index (χ3v) is 7.40. The van der Waals surface area contributed by atoms with Crippen LogP contribution < -0.4 is 0 Å². The third kappa shape index (κ3) is 3.61. The van der Waals surface area contributed by atoms with Gasteiger partial charge in [-0.1, -0.05) is 48.4 Å². The first-order valence-electron chi connectivity index (χ1n) is 11.8. The molecule has 2 aromatic carbocycles. The fourth-order valence-electron chi connectivity index (χ4n) is 5.61. The van der Waals surface area contributed by atoms with Crippen molar-refractivity contribution >= 4 is 29.3 Å². The number of carbonyl (C=O) groups is 3. The lowest BCUT2D eigenvalue weighted by molar-refractivity contribution is -0.136. The smallest absolute Gasteiger partial charge is 0.256 e. The maximum Gasteiger partial charge on any atom is 0.256 e. The van der Waals surface area contributed by atoms with Crippen molar-refractivity contribution in [3.63, 3.8) is 0 Å². The second kappa shape index (κ2) is 8.82. The number of unbranched alkanes of at least 4 members (excludes halogenated alkanes) is 2. The van der Waals surface area contributed by atoms with E-state index in [4.69, 9.17) is 11.6 Å². The summed E-state index contributed by atoms with van der Waals surface area (Å²) < 4.78 is 0. The standard InChI is InChI=1S/C26H28ClN3O3/c27-20-13-11-19(12-14-20)26-22-8-4-3-7-21(22)25(33)30(26)18-17-29(26)24(32)9-2-1-5-15-28-16-6-10-23(28)31/h3-4,7-8,11-14H,1-2,5-6,9-10,15-18H2. The maximum atomic E-state index is 13.5. The average molecular weight is 466 g/mol. The molecule has 33 heavy (non-hydrogen) atoms. The summed E-state index contributed by atoms with van der Waals surface area (Å²) in [5, 5.41) is 0.617. The quantitative estimate of drug-likeness (QED) is 0.580. The van der Waals surface area contributed by atoms with Crippen LogP contribution in [0.15, 0.2) is 48.5 Å². The first-order chi connectivity index (χ1) is 16.0. The van der Waals surface area contributed by atoms with Crippen molar-refractivity contribution in [3.05, 3.63) is 70.2 Å². The molecule has 3 aliphatic heterocycles. The SMILES string of the molecule is O=C1CCCN1CCCCCC(=O)N1CCN2C(=O)c3ccccc3C12c1ccc(Cl)cc1. The predicted molar refractivity (Wildman–Crippen MR) is 126 cm³/mol. The molecule has 5 rings (SSSR count). The van der Waals surface area contributed by atoms with Crippen molar-refractivity contribution in [1.29, 1.82) is 0 Å². The first kappa shape index (κ1) is 22.0. The molecule has 3 heterocycles. The number of nitrogens with zero attached hydrogens (tertiary/aromatic N) is 3. The number of benzene rings is 2. The fourth-order valence-corrected chi connectivity index (χ4v) is 5.74. The molecule has 172 valence electrons. The van der Waals surface area contributed by atoms with E-state index in [1.54, 1.807) is 0 Å². The zero-order valence-electron chi connectivity index (χ0n) is 18.6. The second-order valence-corrected chi connectivity index (χ2v) is 9.46. The van der Waals surface area contributed by atoms with E-state index in [2.05, 4.69) is 0 Å². The average Bonchev–Trinajstić information content (AvgIpc) is 3.48. The number of hydrogen-bond acceptors (Lipinski definition) is 3. The van der Waals surface area contributed by atoms with Crippen molar-refractivity contribution in [2.24, 2.45) is 0 Å². The summed E-state index contributed by atoms with van der Waals surface area (Å²) in [5.41, 5.74) is 1.47. The molecule has 3 amide bonds. The van der Waals surface area contributed by atoms with E-state index in [1.807, 2.05) is 63.2 Å². The van der Waals surface area contributed by atoms with Gasteiger partial charge in [-0.15, -0.1) is 0 Å². The van der Waals surface area contributed by atoms with Crippen molar-refractivity contribution < 1.29 is 14.4 Å². The first-order valence-corrected chi connectivity index (χ1v) is 12.2. The number of carbonyl (C=O) groups excluding carboxylic acids is 3. The Bertz CT molecular complexity index is 1090. The van der Waals surface area contributed by atoms with Gasteiger partial charge in [-0.2, -0.15) is 0 Å².